The number of nitrogens with one attached hydrogen (secondary N) is 2. The van der Waals surface area contributed by atoms with Crippen molar-refractivity contribution in [3.8, 4) is 11.1 Å². The molecule has 0 unspecified atom stereocenters. The summed E-state index contributed by atoms with van der Waals surface area (Å²) in [5.41, 5.74) is 3.46. The fraction of sp³-hybridized carbons (Fsp3) is 0.292. The monoisotopic (exact) mass is 417 g/mol. The van der Waals surface area contributed by atoms with Crippen molar-refractivity contribution in [3.05, 3.63) is 71.9 Å². The standard InChI is InChI=1S/C24H27N5O2/c1-4-17-6-5-7-18(12-17)19-13-20(22(28-14-19)23(30)16(2)3)24(31)27-11-10-26-21-8-9-25-15-29-21/h5-9,12-16H,4,10-11H2,1-3H3,(H,27,31)(H,25,26,29). The fourth-order valence-electron chi connectivity index (χ4n) is 3.09. The second-order valence-electron chi connectivity index (χ2n) is 7.47. The van der Waals surface area contributed by atoms with E-state index in [0.29, 0.717) is 24.5 Å². The largest absolute Gasteiger partial charge is 0.368 e. The van der Waals surface area contributed by atoms with Crippen molar-refractivity contribution >= 4 is 17.5 Å². The normalized spacial score (nSPS) is 10.7. The van der Waals surface area contributed by atoms with Crippen LogP contribution >= 0.6 is 0 Å². The molecule has 2 N–H and O–H groups in total. The number of aryl methyl sites for hydroxylation is 1. The predicted molar refractivity (Wildman–Crippen MR) is 121 cm³/mol. The minimum atomic E-state index is -0.325. The molecule has 0 aliphatic carbocycles. The first-order chi connectivity index (χ1) is 15.0. The number of nitrogens with zero attached hydrogens (tertiary/aromatic N) is 3. The average molecular weight is 418 g/mol. The molecule has 0 radical (unpaired) electrons. The first kappa shape index (κ1) is 22.1. The van der Waals surface area contributed by atoms with E-state index < -0.39 is 0 Å². The van der Waals surface area contributed by atoms with E-state index in [4.69, 9.17) is 0 Å². The lowest BCUT2D eigenvalue weighted by Gasteiger charge is -2.13. The fourth-order valence-corrected chi connectivity index (χ4v) is 3.09. The van der Waals surface area contributed by atoms with Crippen LogP contribution in [0.4, 0.5) is 5.82 Å². The van der Waals surface area contributed by atoms with Crippen LogP contribution < -0.4 is 10.6 Å². The van der Waals surface area contributed by atoms with Gasteiger partial charge in [0, 0.05) is 37.0 Å². The van der Waals surface area contributed by atoms with Crippen molar-refractivity contribution in [1.29, 1.82) is 0 Å². The van der Waals surface area contributed by atoms with Crippen LogP contribution in [0.1, 0.15) is 47.2 Å². The van der Waals surface area contributed by atoms with Crippen LogP contribution in [0.15, 0.2) is 55.1 Å². The van der Waals surface area contributed by atoms with E-state index in [1.54, 1.807) is 38.4 Å². The Balaban J connectivity index is 1.80. The molecule has 1 aromatic carbocycles. The number of benzene rings is 1. The molecule has 0 saturated carbocycles. The number of hydrogen-bond acceptors (Lipinski definition) is 6. The minimum absolute atomic E-state index is 0.155. The number of ketones is 1. The average Bonchev–Trinajstić information content (AvgIpc) is 2.81. The lowest BCUT2D eigenvalue weighted by molar-refractivity contribution is 0.0908. The molecule has 160 valence electrons. The highest BCUT2D eigenvalue weighted by atomic mass is 16.2. The summed E-state index contributed by atoms with van der Waals surface area (Å²) in [5, 5.41) is 5.98. The Kier molecular flexibility index (Phi) is 7.43. The molecule has 31 heavy (non-hydrogen) atoms. The summed E-state index contributed by atoms with van der Waals surface area (Å²) in [5.74, 6) is -0.0558. The molecule has 1 amide bonds. The number of carbonyl (C=O) groups is 2. The third kappa shape index (κ3) is 5.72. The van der Waals surface area contributed by atoms with Gasteiger partial charge in [-0.25, -0.2) is 9.97 Å². The van der Waals surface area contributed by atoms with Gasteiger partial charge in [0.1, 0.15) is 17.8 Å². The smallest absolute Gasteiger partial charge is 0.253 e. The summed E-state index contributed by atoms with van der Waals surface area (Å²) < 4.78 is 0. The number of amides is 1. The molecule has 2 aromatic heterocycles. The number of pyridine rings is 1. The van der Waals surface area contributed by atoms with Gasteiger partial charge in [0.15, 0.2) is 5.78 Å². The van der Waals surface area contributed by atoms with E-state index in [9.17, 15) is 9.59 Å². The Morgan fingerprint density at radius 2 is 1.87 bits per heavy atom. The Morgan fingerprint density at radius 1 is 1.03 bits per heavy atom. The molecule has 3 aromatic rings. The summed E-state index contributed by atoms with van der Waals surface area (Å²) in [6.07, 6.45) is 5.67. The first-order valence-corrected chi connectivity index (χ1v) is 10.4. The van der Waals surface area contributed by atoms with E-state index in [1.165, 1.54) is 11.9 Å². The maximum atomic E-state index is 13.0. The van der Waals surface area contributed by atoms with Crippen LogP contribution in [-0.4, -0.2) is 39.7 Å². The van der Waals surface area contributed by atoms with Crippen LogP contribution in [-0.2, 0) is 6.42 Å². The van der Waals surface area contributed by atoms with Gasteiger partial charge in [-0.3, -0.25) is 14.6 Å². The van der Waals surface area contributed by atoms with Gasteiger partial charge in [-0.2, -0.15) is 0 Å². The van der Waals surface area contributed by atoms with Gasteiger partial charge >= 0.3 is 0 Å². The molecule has 0 spiro atoms. The van der Waals surface area contributed by atoms with E-state index >= 15 is 0 Å². The van der Waals surface area contributed by atoms with Gasteiger partial charge < -0.3 is 10.6 Å². The number of Topliss-reactive ketones (excluding diaryl/α,β-unsaturated/α-hetero) is 1. The maximum absolute atomic E-state index is 13.0. The lowest BCUT2D eigenvalue weighted by atomic mass is 9.97. The quantitative estimate of drug-likeness (QED) is 0.406. The van der Waals surface area contributed by atoms with Gasteiger partial charge in [-0.15, -0.1) is 0 Å². The van der Waals surface area contributed by atoms with Crippen molar-refractivity contribution in [3.63, 3.8) is 0 Å². The molecular formula is C24H27N5O2. The van der Waals surface area contributed by atoms with Crippen molar-refractivity contribution in [1.82, 2.24) is 20.3 Å². The lowest BCUT2D eigenvalue weighted by Crippen LogP contribution is -2.31. The summed E-state index contributed by atoms with van der Waals surface area (Å²) >= 11 is 0. The van der Waals surface area contributed by atoms with E-state index in [0.717, 1.165) is 17.5 Å². The van der Waals surface area contributed by atoms with E-state index in [2.05, 4.69) is 44.6 Å². The topological polar surface area (TPSA) is 96.9 Å². The van der Waals surface area contributed by atoms with Crippen molar-refractivity contribution in [2.24, 2.45) is 5.92 Å². The van der Waals surface area contributed by atoms with E-state index in [-0.39, 0.29) is 23.3 Å². The molecule has 0 aliphatic heterocycles. The summed E-state index contributed by atoms with van der Waals surface area (Å²) in [6, 6.07) is 11.6. The SMILES string of the molecule is CCc1cccc(-c2cnc(C(=O)C(C)C)c(C(=O)NCCNc3ccncn3)c2)c1. The van der Waals surface area contributed by atoms with Gasteiger partial charge in [-0.1, -0.05) is 45.0 Å². The van der Waals surface area contributed by atoms with Crippen LogP contribution in [0.25, 0.3) is 11.1 Å². The molecule has 0 atom stereocenters. The Bertz CT molecular complexity index is 1050. The Labute approximate surface area is 182 Å². The number of hydrogen-bond donors (Lipinski definition) is 2. The molecule has 0 saturated heterocycles. The first-order valence-electron chi connectivity index (χ1n) is 10.4. The molecule has 0 bridgehead atoms. The summed E-state index contributed by atoms with van der Waals surface area (Å²) in [4.78, 5) is 37.9. The Morgan fingerprint density at radius 3 is 2.58 bits per heavy atom. The third-order valence-electron chi connectivity index (χ3n) is 4.86. The van der Waals surface area contributed by atoms with Gasteiger partial charge in [0.25, 0.3) is 5.91 Å². The highest BCUT2D eigenvalue weighted by Gasteiger charge is 2.22. The van der Waals surface area contributed by atoms with Crippen LogP contribution in [0, 0.1) is 5.92 Å². The Hall–Kier alpha value is -3.61. The number of rotatable bonds is 9. The van der Waals surface area contributed by atoms with E-state index in [1.807, 2.05) is 12.1 Å². The molecule has 0 fully saturated rings. The molecule has 7 nitrogen and oxygen atoms in total. The van der Waals surface area contributed by atoms with Crippen molar-refractivity contribution in [2.75, 3.05) is 18.4 Å². The summed E-state index contributed by atoms with van der Waals surface area (Å²) in [7, 11) is 0. The number of anilines is 1. The van der Waals surface area contributed by atoms with Gasteiger partial charge in [0.05, 0.1) is 5.56 Å². The van der Waals surface area contributed by atoms with Crippen molar-refractivity contribution < 1.29 is 9.59 Å². The second kappa shape index (κ2) is 10.4. The second-order valence-corrected chi connectivity index (χ2v) is 7.47. The third-order valence-corrected chi connectivity index (χ3v) is 4.86. The van der Waals surface area contributed by atoms with Crippen LogP contribution in [0.2, 0.25) is 0 Å². The number of carbonyl (C=O) groups excluding carboxylic acids is 2. The highest BCUT2D eigenvalue weighted by Crippen LogP contribution is 2.23. The molecule has 3 rings (SSSR count). The van der Waals surface area contributed by atoms with Crippen molar-refractivity contribution in [2.45, 2.75) is 27.2 Å². The zero-order valence-electron chi connectivity index (χ0n) is 18.1. The van der Waals surface area contributed by atoms with Crippen LogP contribution in [0.5, 0.6) is 0 Å². The number of aromatic nitrogens is 3. The minimum Gasteiger partial charge on any atom is -0.368 e. The van der Waals surface area contributed by atoms with Gasteiger partial charge in [0.2, 0.25) is 0 Å². The molecule has 7 heteroatoms. The van der Waals surface area contributed by atoms with Gasteiger partial charge in [-0.05, 0) is 29.7 Å². The molecular weight excluding hydrogens is 390 g/mol. The predicted octanol–water partition coefficient (Wildman–Crippen LogP) is 3.78. The zero-order valence-corrected chi connectivity index (χ0v) is 18.1. The molecule has 2 heterocycles. The zero-order chi connectivity index (χ0) is 22.2. The maximum Gasteiger partial charge on any atom is 0.253 e. The summed E-state index contributed by atoms with van der Waals surface area (Å²) in [6.45, 7) is 6.55. The van der Waals surface area contributed by atoms with Crippen LogP contribution in [0.3, 0.4) is 0 Å². The highest BCUT2D eigenvalue weighted by molar-refractivity contribution is 6.08. The molecule has 0 aliphatic rings.